The fourth-order valence-corrected chi connectivity index (χ4v) is 1.87. The molecule has 2 aromatic heterocycles. The van der Waals surface area contributed by atoms with Gasteiger partial charge in [-0.15, -0.1) is 0 Å². The predicted octanol–water partition coefficient (Wildman–Crippen LogP) is 1.78. The lowest BCUT2D eigenvalue weighted by atomic mass is 10.2. The molecule has 5 nitrogen and oxygen atoms in total. The number of aryl methyl sites for hydroxylation is 1. The molecule has 0 aromatic carbocycles. The van der Waals surface area contributed by atoms with Crippen LogP contribution in [0.15, 0.2) is 18.5 Å². The lowest BCUT2D eigenvalue weighted by molar-refractivity contribution is -0.143. The summed E-state index contributed by atoms with van der Waals surface area (Å²) in [5.74, 6) is 0. The molecule has 0 radical (unpaired) electrons. The molecule has 0 aliphatic heterocycles. The quantitative estimate of drug-likeness (QED) is 0.912. The zero-order valence-electron chi connectivity index (χ0n) is 11.3. The Morgan fingerprint density at radius 1 is 1.25 bits per heavy atom. The summed E-state index contributed by atoms with van der Waals surface area (Å²) >= 11 is 0. The lowest BCUT2D eigenvalue weighted by Gasteiger charge is -2.11. The van der Waals surface area contributed by atoms with Crippen LogP contribution in [0.25, 0.3) is 0 Å². The molecule has 0 saturated carbocycles. The highest BCUT2D eigenvalue weighted by Gasteiger charge is 2.29. The van der Waals surface area contributed by atoms with E-state index in [9.17, 15) is 13.2 Å². The van der Waals surface area contributed by atoms with Gasteiger partial charge >= 0.3 is 6.18 Å². The summed E-state index contributed by atoms with van der Waals surface area (Å²) in [7, 11) is 1.84. The first-order valence-corrected chi connectivity index (χ1v) is 6.12. The van der Waals surface area contributed by atoms with E-state index in [1.54, 1.807) is 16.9 Å². The van der Waals surface area contributed by atoms with E-state index in [0.717, 1.165) is 15.9 Å². The molecular weight excluding hydrogens is 271 g/mol. The Morgan fingerprint density at radius 3 is 2.60 bits per heavy atom. The Labute approximate surface area is 114 Å². The highest BCUT2D eigenvalue weighted by Crippen LogP contribution is 2.18. The van der Waals surface area contributed by atoms with Gasteiger partial charge in [-0.3, -0.25) is 9.36 Å². The summed E-state index contributed by atoms with van der Waals surface area (Å²) < 4.78 is 39.8. The normalized spacial score (nSPS) is 12.1. The molecule has 0 aliphatic rings. The third-order valence-electron chi connectivity index (χ3n) is 3.09. The summed E-state index contributed by atoms with van der Waals surface area (Å²) in [5.41, 5.74) is 2.56. The smallest absolute Gasteiger partial charge is 0.307 e. The SMILES string of the molecule is Cc1c(CNCc2ccnn2CC(F)(F)F)cnn1C. The number of hydrogen-bond donors (Lipinski definition) is 1. The van der Waals surface area contributed by atoms with Crippen molar-refractivity contribution in [3.63, 3.8) is 0 Å². The highest BCUT2D eigenvalue weighted by atomic mass is 19.4. The highest BCUT2D eigenvalue weighted by molar-refractivity contribution is 5.15. The standard InChI is InChI=1S/C12H16F3N5/c1-9-10(6-18-19(9)2)5-16-7-11-3-4-17-20(11)8-12(13,14)15/h3-4,6,16H,5,7-8H2,1-2H3. The molecule has 20 heavy (non-hydrogen) atoms. The van der Waals surface area contributed by atoms with E-state index >= 15 is 0 Å². The van der Waals surface area contributed by atoms with Crippen LogP contribution in [0.4, 0.5) is 13.2 Å². The van der Waals surface area contributed by atoms with Gasteiger partial charge in [0.1, 0.15) is 6.54 Å². The minimum Gasteiger partial charge on any atom is -0.307 e. The fraction of sp³-hybridized carbons (Fsp3) is 0.500. The first kappa shape index (κ1) is 14.6. The van der Waals surface area contributed by atoms with Gasteiger partial charge in [0.15, 0.2) is 0 Å². The number of rotatable bonds is 5. The van der Waals surface area contributed by atoms with Crippen molar-refractivity contribution >= 4 is 0 Å². The average molecular weight is 287 g/mol. The molecule has 0 spiro atoms. The van der Waals surface area contributed by atoms with Crippen LogP contribution in [-0.4, -0.2) is 25.7 Å². The van der Waals surface area contributed by atoms with Gasteiger partial charge in [0.25, 0.3) is 0 Å². The Morgan fingerprint density at radius 2 is 2.00 bits per heavy atom. The van der Waals surface area contributed by atoms with Crippen LogP contribution < -0.4 is 5.32 Å². The van der Waals surface area contributed by atoms with E-state index in [-0.39, 0.29) is 0 Å². The van der Waals surface area contributed by atoms with Gasteiger partial charge < -0.3 is 5.32 Å². The van der Waals surface area contributed by atoms with Crippen LogP contribution in [0.3, 0.4) is 0 Å². The molecule has 0 aliphatic carbocycles. The first-order chi connectivity index (χ1) is 9.37. The molecule has 0 unspecified atom stereocenters. The average Bonchev–Trinajstić information content (AvgIpc) is 2.89. The van der Waals surface area contributed by atoms with Crippen molar-refractivity contribution in [2.75, 3.05) is 0 Å². The van der Waals surface area contributed by atoms with Gasteiger partial charge in [0, 0.05) is 37.6 Å². The monoisotopic (exact) mass is 287 g/mol. The summed E-state index contributed by atoms with van der Waals surface area (Å²) in [6.07, 6.45) is -1.14. The molecule has 0 saturated heterocycles. The van der Waals surface area contributed by atoms with Crippen molar-refractivity contribution in [1.29, 1.82) is 0 Å². The number of hydrogen-bond acceptors (Lipinski definition) is 3. The second-order valence-electron chi connectivity index (χ2n) is 4.58. The van der Waals surface area contributed by atoms with Crippen molar-refractivity contribution in [2.24, 2.45) is 7.05 Å². The molecule has 2 aromatic rings. The lowest BCUT2D eigenvalue weighted by Crippen LogP contribution is -2.23. The van der Waals surface area contributed by atoms with Crippen LogP contribution in [0, 0.1) is 6.92 Å². The molecule has 0 amide bonds. The van der Waals surface area contributed by atoms with Crippen molar-refractivity contribution in [2.45, 2.75) is 32.7 Å². The maximum absolute atomic E-state index is 12.3. The van der Waals surface area contributed by atoms with Crippen molar-refractivity contribution in [3.05, 3.63) is 35.4 Å². The summed E-state index contributed by atoms with van der Waals surface area (Å²) in [4.78, 5) is 0. The molecule has 2 heterocycles. The minimum atomic E-state index is -4.26. The Balaban J connectivity index is 1.92. The third kappa shape index (κ3) is 3.60. The molecule has 2 rings (SSSR count). The van der Waals surface area contributed by atoms with Gasteiger partial charge in [0.05, 0.1) is 11.9 Å². The van der Waals surface area contributed by atoms with Crippen LogP contribution >= 0.6 is 0 Å². The second-order valence-corrected chi connectivity index (χ2v) is 4.58. The molecular formula is C12H16F3N5. The second kappa shape index (κ2) is 5.66. The molecule has 0 bridgehead atoms. The van der Waals surface area contributed by atoms with E-state index in [2.05, 4.69) is 15.5 Å². The van der Waals surface area contributed by atoms with Gasteiger partial charge in [0.2, 0.25) is 0 Å². The van der Waals surface area contributed by atoms with Crippen molar-refractivity contribution in [3.8, 4) is 0 Å². The zero-order valence-corrected chi connectivity index (χ0v) is 11.3. The number of halogens is 3. The van der Waals surface area contributed by atoms with E-state index in [4.69, 9.17) is 0 Å². The van der Waals surface area contributed by atoms with E-state index in [0.29, 0.717) is 18.8 Å². The van der Waals surface area contributed by atoms with Crippen LogP contribution in [0.5, 0.6) is 0 Å². The van der Waals surface area contributed by atoms with Gasteiger partial charge in [-0.2, -0.15) is 23.4 Å². The Hall–Kier alpha value is -1.83. The van der Waals surface area contributed by atoms with Crippen LogP contribution in [-0.2, 0) is 26.7 Å². The van der Waals surface area contributed by atoms with E-state index in [1.165, 1.54) is 6.20 Å². The zero-order chi connectivity index (χ0) is 14.8. The molecule has 110 valence electrons. The topological polar surface area (TPSA) is 47.7 Å². The number of nitrogens with one attached hydrogen (secondary N) is 1. The fourth-order valence-electron chi connectivity index (χ4n) is 1.87. The Bertz CT molecular complexity index is 570. The Kier molecular flexibility index (Phi) is 4.12. The van der Waals surface area contributed by atoms with Crippen LogP contribution in [0.1, 0.15) is 17.0 Å². The summed E-state index contributed by atoms with van der Waals surface area (Å²) in [5, 5.41) is 10.9. The van der Waals surface area contributed by atoms with Gasteiger partial charge in [-0.1, -0.05) is 0 Å². The maximum Gasteiger partial charge on any atom is 0.408 e. The number of nitrogens with zero attached hydrogens (tertiary/aromatic N) is 4. The van der Waals surface area contributed by atoms with Crippen LogP contribution in [0.2, 0.25) is 0 Å². The summed E-state index contributed by atoms with van der Waals surface area (Å²) in [6.45, 7) is 1.75. The van der Waals surface area contributed by atoms with Crippen molar-refractivity contribution < 1.29 is 13.2 Å². The van der Waals surface area contributed by atoms with E-state index in [1.807, 2.05) is 14.0 Å². The van der Waals surface area contributed by atoms with Crippen molar-refractivity contribution in [1.82, 2.24) is 24.9 Å². The molecule has 8 heteroatoms. The molecule has 1 N–H and O–H groups in total. The number of aromatic nitrogens is 4. The van der Waals surface area contributed by atoms with E-state index < -0.39 is 12.7 Å². The molecule has 0 atom stereocenters. The number of alkyl halides is 3. The third-order valence-corrected chi connectivity index (χ3v) is 3.09. The largest absolute Gasteiger partial charge is 0.408 e. The van der Waals surface area contributed by atoms with Gasteiger partial charge in [-0.25, -0.2) is 0 Å². The maximum atomic E-state index is 12.3. The molecule has 0 fully saturated rings. The summed E-state index contributed by atoms with van der Waals surface area (Å²) in [6, 6.07) is 1.58. The minimum absolute atomic E-state index is 0.324. The first-order valence-electron chi connectivity index (χ1n) is 6.12. The predicted molar refractivity (Wildman–Crippen MR) is 66.8 cm³/mol. The van der Waals surface area contributed by atoms with Gasteiger partial charge in [-0.05, 0) is 13.0 Å².